The Balaban J connectivity index is 2.53. The van der Waals surface area contributed by atoms with E-state index in [0.717, 1.165) is 0 Å². The summed E-state index contributed by atoms with van der Waals surface area (Å²) in [4.78, 5) is 24.6. The molecular weight excluding hydrogens is 198 g/mol. The highest BCUT2D eigenvalue weighted by molar-refractivity contribution is 5.92. The summed E-state index contributed by atoms with van der Waals surface area (Å²) < 4.78 is 9.74. The summed E-state index contributed by atoms with van der Waals surface area (Å²) in [5.74, 6) is -0.671. The largest absolute Gasteiger partial charge is 0.465 e. The van der Waals surface area contributed by atoms with Crippen molar-refractivity contribution in [2.45, 2.75) is 32.9 Å². The van der Waals surface area contributed by atoms with Gasteiger partial charge in [0.05, 0.1) is 13.2 Å². The Labute approximate surface area is 89.3 Å². The van der Waals surface area contributed by atoms with Crippen molar-refractivity contribution in [2.24, 2.45) is 0 Å². The Morgan fingerprint density at radius 2 is 1.40 bits per heavy atom. The van der Waals surface area contributed by atoms with E-state index in [1.165, 1.54) is 0 Å². The Hall–Kier alpha value is -1.10. The van der Waals surface area contributed by atoms with Crippen LogP contribution in [-0.4, -0.2) is 48.7 Å². The van der Waals surface area contributed by atoms with E-state index in [9.17, 15) is 9.59 Å². The summed E-state index contributed by atoms with van der Waals surface area (Å²) in [6.45, 7) is 6.70. The second-order valence-electron chi connectivity index (χ2n) is 3.22. The van der Waals surface area contributed by atoms with Crippen molar-refractivity contribution in [3.8, 4) is 0 Å². The Kier molecular flexibility index (Phi) is 4.08. The first-order valence-electron chi connectivity index (χ1n) is 5.26. The molecule has 1 rings (SSSR count). The van der Waals surface area contributed by atoms with Gasteiger partial charge in [0.15, 0.2) is 0 Å². The van der Waals surface area contributed by atoms with Gasteiger partial charge in [0, 0.05) is 0 Å². The molecule has 1 fully saturated rings. The molecule has 2 atom stereocenters. The maximum atomic E-state index is 11.4. The lowest BCUT2D eigenvalue weighted by Crippen LogP contribution is -2.20. The molecule has 0 saturated carbocycles. The van der Waals surface area contributed by atoms with Gasteiger partial charge >= 0.3 is 11.9 Å². The molecule has 0 spiro atoms. The Bertz CT molecular complexity index is 230. The highest BCUT2D eigenvalue weighted by Gasteiger charge is 2.57. The van der Waals surface area contributed by atoms with Crippen molar-refractivity contribution >= 4 is 11.9 Å². The van der Waals surface area contributed by atoms with E-state index in [2.05, 4.69) is 0 Å². The molecule has 0 aliphatic carbocycles. The zero-order chi connectivity index (χ0) is 11.4. The average Bonchev–Trinajstić information content (AvgIpc) is 2.92. The van der Waals surface area contributed by atoms with E-state index < -0.39 is 12.1 Å². The van der Waals surface area contributed by atoms with Crippen molar-refractivity contribution in [2.75, 3.05) is 19.8 Å². The number of carbonyl (C=O) groups excluding carboxylic acids is 2. The number of ether oxygens (including phenoxy) is 2. The normalized spacial score (nSPS) is 28.3. The number of hydrogen-bond acceptors (Lipinski definition) is 5. The van der Waals surface area contributed by atoms with Gasteiger partial charge in [-0.2, -0.15) is 0 Å². The first-order valence-corrected chi connectivity index (χ1v) is 5.26. The van der Waals surface area contributed by atoms with E-state index in [0.29, 0.717) is 19.8 Å². The second-order valence-corrected chi connectivity index (χ2v) is 3.22. The minimum Gasteiger partial charge on any atom is -0.465 e. The van der Waals surface area contributed by atoms with Gasteiger partial charge in [0.1, 0.15) is 12.1 Å². The van der Waals surface area contributed by atoms with Crippen molar-refractivity contribution in [1.82, 2.24) is 4.90 Å². The summed E-state index contributed by atoms with van der Waals surface area (Å²) >= 11 is 0. The molecular formula is C10H17NO4. The third-order valence-electron chi connectivity index (χ3n) is 2.35. The predicted molar refractivity (Wildman–Crippen MR) is 53.2 cm³/mol. The molecule has 1 aliphatic heterocycles. The van der Waals surface area contributed by atoms with Gasteiger partial charge < -0.3 is 9.47 Å². The number of esters is 2. The Morgan fingerprint density at radius 1 is 1.00 bits per heavy atom. The molecule has 0 aromatic heterocycles. The van der Waals surface area contributed by atoms with E-state index >= 15 is 0 Å². The van der Waals surface area contributed by atoms with Gasteiger partial charge in [-0.15, -0.1) is 0 Å². The summed E-state index contributed by atoms with van der Waals surface area (Å²) in [7, 11) is 0. The maximum Gasteiger partial charge on any atom is 0.325 e. The lowest BCUT2D eigenvalue weighted by atomic mass is 10.3. The molecule has 5 heteroatoms. The number of rotatable bonds is 5. The first-order chi connectivity index (χ1) is 7.17. The van der Waals surface area contributed by atoms with Crippen LogP contribution < -0.4 is 0 Å². The predicted octanol–water partition coefficient (Wildman–Crippen LogP) is 0.185. The van der Waals surface area contributed by atoms with E-state index in [4.69, 9.17) is 9.47 Å². The third kappa shape index (κ3) is 2.47. The number of likely N-dealkylation sites (N-methyl/N-ethyl adjacent to an activating group) is 1. The summed E-state index contributed by atoms with van der Waals surface area (Å²) in [5, 5.41) is 0. The molecule has 0 bridgehead atoms. The molecule has 86 valence electrons. The van der Waals surface area contributed by atoms with E-state index in [1.54, 1.807) is 18.7 Å². The standard InChI is InChI=1S/C10H17NO4/c1-4-11-7(9(12)14-5-2)8(11)10(13)15-6-3/h7-8H,4-6H2,1-3H3/t7-,8-/m0/s1. The topological polar surface area (TPSA) is 55.6 Å². The molecule has 0 aromatic carbocycles. The van der Waals surface area contributed by atoms with Gasteiger partial charge in [-0.3, -0.25) is 14.5 Å². The fraction of sp³-hybridized carbons (Fsp3) is 0.800. The molecule has 1 aliphatic rings. The third-order valence-corrected chi connectivity index (χ3v) is 2.35. The molecule has 0 N–H and O–H groups in total. The molecule has 1 heterocycles. The molecule has 0 unspecified atom stereocenters. The SMILES string of the molecule is CCOC(=O)[C@@H]1[C@@H](C(=O)OCC)N1CC. The zero-order valence-corrected chi connectivity index (χ0v) is 9.36. The monoisotopic (exact) mass is 215 g/mol. The minimum absolute atomic E-state index is 0.336. The van der Waals surface area contributed by atoms with Crippen LogP contribution in [0.15, 0.2) is 0 Å². The highest BCUT2D eigenvalue weighted by Crippen LogP contribution is 2.29. The summed E-state index contributed by atoms with van der Waals surface area (Å²) in [6.07, 6.45) is 0. The van der Waals surface area contributed by atoms with Crippen molar-refractivity contribution in [1.29, 1.82) is 0 Å². The van der Waals surface area contributed by atoms with Crippen molar-refractivity contribution in [3.05, 3.63) is 0 Å². The molecule has 0 aromatic rings. The van der Waals surface area contributed by atoms with Crippen LogP contribution in [0.5, 0.6) is 0 Å². The van der Waals surface area contributed by atoms with Crippen molar-refractivity contribution in [3.63, 3.8) is 0 Å². The molecule has 1 saturated heterocycles. The molecule has 0 amide bonds. The van der Waals surface area contributed by atoms with Crippen LogP contribution in [0.3, 0.4) is 0 Å². The van der Waals surface area contributed by atoms with E-state index in [1.807, 2.05) is 6.92 Å². The van der Waals surface area contributed by atoms with Crippen LogP contribution in [0.1, 0.15) is 20.8 Å². The molecule has 15 heavy (non-hydrogen) atoms. The first kappa shape index (κ1) is 12.0. The number of hydrogen-bond donors (Lipinski definition) is 0. The quantitative estimate of drug-likeness (QED) is 0.484. The lowest BCUT2D eigenvalue weighted by molar-refractivity contribution is -0.147. The smallest absolute Gasteiger partial charge is 0.325 e. The van der Waals surface area contributed by atoms with Crippen molar-refractivity contribution < 1.29 is 19.1 Å². The Morgan fingerprint density at radius 3 is 1.67 bits per heavy atom. The van der Waals surface area contributed by atoms with Crippen LogP contribution in [0.4, 0.5) is 0 Å². The molecule has 5 nitrogen and oxygen atoms in total. The maximum absolute atomic E-state index is 11.4. The zero-order valence-electron chi connectivity index (χ0n) is 9.36. The van der Waals surface area contributed by atoms with Crippen LogP contribution in [0.25, 0.3) is 0 Å². The fourth-order valence-electron chi connectivity index (χ4n) is 1.65. The van der Waals surface area contributed by atoms with Gasteiger partial charge in [-0.25, -0.2) is 0 Å². The minimum atomic E-state index is -0.436. The fourth-order valence-corrected chi connectivity index (χ4v) is 1.65. The molecule has 0 radical (unpaired) electrons. The van der Waals surface area contributed by atoms with Crippen LogP contribution in [0.2, 0.25) is 0 Å². The summed E-state index contributed by atoms with van der Waals surface area (Å²) in [5.41, 5.74) is 0. The number of nitrogens with zero attached hydrogens (tertiary/aromatic N) is 1. The summed E-state index contributed by atoms with van der Waals surface area (Å²) in [6, 6.07) is -0.872. The van der Waals surface area contributed by atoms with E-state index in [-0.39, 0.29) is 11.9 Å². The second kappa shape index (κ2) is 5.11. The average molecular weight is 215 g/mol. The van der Waals surface area contributed by atoms with Crippen LogP contribution in [-0.2, 0) is 19.1 Å². The van der Waals surface area contributed by atoms with Gasteiger partial charge in [-0.1, -0.05) is 6.92 Å². The van der Waals surface area contributed by atoms with Crippen LogP contribution in [0, 0.1) is 0 Å². The number of carbonyl (C=O) groups is 2. The van der Waals surface area contributed by atoms with Gasteiger partial charge in [-0.05, 0) is 20.4 Å². The highest BCUT2D eigenvalue weighted by atomic mass is 16.5. The van der Waals surface area contributed by atoms with Gasteiger partial charge in [0.2, 0.25) is 0 Å². The van der Waals surface area contributed by atoms with Crippen LogP contribution >= 0.6 is 0 Å². The van der Waals surface area contributed by atoms with Gasteiger partial charge in [0.25, 0.3) is 0 Å². The lowest BCUT2D eigenvalue weighted by Gasteiger charge is -1.99.